The standard InChI is InChI=1S/C27H32F2N6O4/c1-16(18-10-24(36)30-12-18)39-26-25-21(31-15-35(25)27(28)29)11-20(32-26)17-3-4-22(23(9-17)37-2)34-7-5-33(6-8-34)19-13-38-14-19/h3-4,9,11,15-16,18-19,27H,5-8,10,12-14H2,1-2H3,(H,30,36)/t16-,18-/m1/s1. The second-order valence-corrected chi connectivity index (χ2v) is 10.3. The number of hydrogen-bond acceptors (Lipinski definition) is 8. The Morgan fingerprint density at radius 3 is 2.59 bits per heavy atom. The molecule has 3 aliphatic heterocycles. The van der Waals surface area contributed by atoms with Crippen molar-refractivity contribution in [1.29, 1.82) is 0 Å². The second-order valence-electron chi connectivity index (χ2n) is 10.3. The predicted octanol–water partition coefficient (Wildman–Crippen LogP) is 2.93. The summed E-state index contributed by atoms with van der Waals surface area (Å²) in [5, 5.41) is 2.79. The number of ether oxygens (including phenoxy) is 3. The molecule has 0 bridgehead atoms. The number of fused-ring (bicyclic) bond motifs is 1. The number of imidazole rings is 1. The number of pyridine rings is 1. The van der Waals surface area contributed by atoms with Gasteiger partial charge in [0.2, 0.25) is 11.8 Å². The molecule has 0 radical (unpaired) electrons. The molecule has 1 amide bonds. The quantitative estimate of drug-likeness (QED) is 0.465. The Morgan fingerprint density at radius 1 is 1.15 bits per heavy atom. The average molecular weight is 543 g/mol. The first-order valence-electron chi connectivity index (χ1n) is 13.3. The Kier molecular flexibility index (Phi) is 6.98. The lowest BCUT2D eigenvalue weighted by molar-refractivity contribution is -0.119. The molecular formula is C27H32F2N6O4. The minimum atomic E-state index is -2.80. The number of benzene rings is 1. The van der Waals surface area contributed by atoms with Gasteiger partial charge in [-0.3, -0.25) is 14.3 Å². The fourth-order valence-electron chi connectivity index (χ4n) is 5.50. The Hall–Kier alpha value is -3.51. The summed E-state index contributed by atoms with van der Waals surface area (Å²) in [7, 11) is 1.64. The van der Waals surface area contributed by atoms with Crippen molar-refractivity contribution in [3.63, 3.8) is 0 Å². The number of hydrogen-bond donors (Lipinski definition) is 1. The van der Waals surface area contributed by atoms with E-state index in [2.05, 4.69) is 25.1 Å². The minimum absolute atomic E-state index is 0.0504. The Balaban J connectivity index is 1.30. The zero-order chi connectivity index (χ0) is 27.1. The fourth-order valence-corrected chi connectivity index (χ4v) is 5.50. The van der Waals surface area contributed by atoms with Crippen molar-refractivity contribution in [2.24, 2.45) is 5.92 Å². The number of nitrogens with zero attached hydrogens (tertiary/aromatic N) is 5. The summed E-state index contributed by atoms with van der Waals surface area (Å²) in [6.45, 7) is 4.81. The van der Waals surface area contributed by atoms with Gasteiger partial charge in [-0.05, 0) is 25.1 Å². The maximum atomic E-state index is 13.8. The van der Waals surface area contributed by atoms with Crippen molar-refractivity contribution in [2.45, 2.75) is 32.0 Å². The van der Waals surface area contributed by atoms with Crippen molar-refractivity contribution in [3.05, 3.63) is 30.6 Å². The van der Waals surface area contributed by atoms with Crippen LogP contribution in [0, 0.1) is 5.92 Å². The van der Waals surface area contributed by atoms with Gasteiger partial charge >= 0.3 is 6.55 Å². The van der Waals surface area contributed by atoms with E-state index in [1.165, 1.54) is 0 Å². The molecule has 6 rings (SSSR count). The lowest BCUT2D eigenvalue weighted by atomic mass is 10.0. The van der Waals surface area contributed by atoms with Crippen LogP contribution in [0.15, 0.2) is 30.6 Å². The van der Waals surface area contributed by atoms with Crippen LogP contribution in [-0.4, -0.2) is 90.5 Å². The lowest BCUT2D eigenvalue weighted by Crippen LogP contribution is -2.56. The van der Waals surface area contributed by atoms with E-state index in [4.69, 9.17) is 14.2 Å². The van der Waals surface area contributed by atoms with Crippen LogP contribution in [0.1, 0.15) is 19.9 Å². The number of aromatic nitrogens is 3. The van der Waals surface area contributed by atoms with Crippen LogP contribution in [-0.2, 0) is 9.53 Å². The number of carbonyl (C=O) groups excluding carboxylic acids is 1. The molecule has 208 valence electrons. The summed E-state index contributed by atoms with van der Waals surface area (Å²) in [5.74, 6) is 0.633. The fraction of sp³-hybridized carbons (Fsp3) is 0.519. The molecule has 3 fully saturated rings. The van der Waals surface area contributed by atoms with Gasteiger partial charge < -0.3 is 24.4 Å². The molecule has 5 heterocycles. The number of piperazine rings is 1. The third-order valence-corrected chi connectivity index (χ3v) is 7.97. The van der Waals surface area contributed by atoms with Gasteiger partial charge in [0.05, 0.1) is 43.3 Å². The van der Waals surface area contributed by atoms with Crippen molar-refractivity contribution in [1.82, 2.24) is 24.8 Å². The molecule has 2 aromatic heterocycles. The number of alkyl halides is 2. The van der Waals surface area contributed by atoms with Gasteiger partial charge in [-0.25, -0.2) is 9.97 Å². The summed E-state index contributed by atoms with van der Waals surface area (Å²) in [4.78, 5) is 25.4. The summed E-state index contributed by atoms with van der Waals surface area (Å²) in [6.07, 6.45) is 0.996. The predicted molar refractivity (Wildman–Crippen MR) is 140 cm³/mol. The number of amides is 1. The number of halogens is 2. The first kappa shape index (κ1) is 25.8. The van der Waals surface area contributed by atoms with Crippen LogP contribution in [0.5, 0.6) is 11.6 Å². The van der Waals surface area contributed by atoms with Gasteiger partial charge in [-0.2, -0.15) is 8.78 Å². The molecule has 12 heteroatoms. The topological polar surface area (TPSA) is 94.0 Å². The molecule has 0 saturated carbocycles. The van der Waals surface area contributed by atoms with Crippen LogP contribution < -0.4 is 19.7 Å². The molecule has 3 aromatic rings. The zero-order valence-electron chi connectivity index (χ0n) is 22.0. The molecule has 0 aliphatic carbocycles. The number of rotatable bonds is 8. The molecular weight excluding hydrogens is 510 g/mol. The van der Waals surface area contributed by atoms with Crippen LogP contribution in [0.4, 0.5) is 14.5 Å². The van der Waals surface area contributed by atoms with Crippen LogP contribution in [0.3, 0.4) is 0 Å². The Bertz CT molecular complexity index is 1360. The van der Waals surface area contributed by atoms with Crippen molar-refractivity contribution in [3.8, 4) is 22.9 Å². The maximum absolute atomic E-state index is 13.8. The van der Waals surface area contributed by atoms with Crippen molar-refractivity contribution in [2.75, 3.05) is 57.9 Å². The summed E-state index contributed by atoms with van der Waals surface area (Å²) < 4.78 is 45.6. The third kappa shape index (κ3) is 4.98. The van der Waals surface area contributed by atoms with Crippen LogP contribution in [0.2, 0.25) is 0 Å². The Morgan fingerprint density at radius 2 is 1.95 bits per heavy atom. The van der Waals surface area contributed by atoms with E-state index >= 15 is 0 Å². The highest BCUT2D eigenvalue weighted by atomic mass is 19.3. The van der Waals surface area contributed by atoms with Gasteiger partial charge in [0.25, 0.3) is 0 Å². The lowest BCUT2D eigenvalue weighted by Gasteiger charge is -2.43. The molecule has 2 atom stereocenters. The average Bonchev–Trinajstić information content (AvgIpc) is 3.54. The molecule has 0 spiro atoms. The monoisotopic (exact) mass is 542 g/mol. The molecule has 1 N–H and O–H groups in total. The number of anilines is 1. The first-order chi connectivity index (χ1) is 18.9. The molecule has 3 aliphatic rings. The number of methoxy groups -OCH3 is 1. The van der Waals surface area contributed by atoms with Gasteiger partial charge in [0, 0.05) is 50.6 Å². The van der Waals surface area contributed by atoms with E-state index in [1.54, 1.807) is 13.2 Å². The summed E-state index contributed by atoms with van der Waals surface area (Å²) >= 11 is 0. The molecule has 39 heavy (non-hydrogen) atoms. The van der Waals surface area contributed by atoms with Gasteiger partial charge in [0.15, 0.2) is 0 Å². The Labute approximate surface area is 224 Å². The van der Waals surface area contributed by atoms with E-state index < -0.39 is 12.7 Å². The molecule has 1 aromatic carbocycles. The smallest absolute Gasteiger partial charge is 0.320 e. The normalized spacial score (nSPS) is 21.3. The SMILES string of the molecule is COc1cc(-c2cc3ncn(C(F)F)c3c(O[C@H](C)[C@H]3CNC(=O)C3)n2)ccc1N1CCN(C2COC2)CC1. The largest absolute Gasteiger partial charge is 0.495 e. The zero-order valence-corrected chi connectivity index (χ0v) is 22.0. The highest BCUT2D eigenvalue weighted by molar-refractivity contribution is 5.85. The summed E-state index contributed by atoms with van der Waals surface area (Å²) in [6, 6.07) is 8.08. The van der Waals surface area contributed by atoms with E-state index in [0.29, 0.717) is 36.0 Å². The highest BCUT2D eigenvalue weighted by Gasteiger charge is 2.31. The third-order valence-electron chi connectivity index (χ3n) is 7.97. The van der Waals surface area contributed by atoms with E-state index in [9.17, 15) is 13.6 Å². The van der Waals surface area contributed by atoms with Crippen LogP contribution >= 0.6 is 0 Å². The van der Waals surface area contributed by atoms with Crippen molar-refractivity contribution < 1.29 is 27.8 Å². The molecule has 10 nitrogen and oxygen atoms in total. The molecule has 0 unspecified atom stereocenters. The number of carbonyl (C=O) groups is 1. The van der Waals surface area contributed by atoms with Gasteiger partial charge in [0.1, 0.15) is 23.7 Å². The summed E-state index contributed by atoms with van der Waals surface area (Å²) in [5.41, 5.74) is 2.75. The number of nitrogens with one attached hydrogen (secondary N) is 1. The van der Waals surface area contributed by atoms with Crippen molar-refractivity contribution >= 4 is 22.6 Å². The van der Waals surface area contributed by atoms with Gasteiger partial charge in [-0.15, -0.1) is 0 Å². The van der Waals surface area contributed by atoms with E-state index in [1.807, 2.05) is 25.1 Å². The van der Waals surface area contributed by atoms with Crippen LogP contribution in [0.25, 0.3) is 22.3 Å². The minimum Gasteiger partial charge on any atom is -0.495 e. The van der Waals surface area contributed by atoms with E-state index in [0.717, 1.165) is 61.5 Å². The van der Waals surface area contributed by atoms with Gasteiger partial charge in [-0.1, -0.05) is 6.07 Å². The second kappa shape index (κ2) is 10.6. The maximum Gasteiger partial charge on any atom is 0.320 e. The van der Waals surface area contributed by atoms with E-state index in [-0.39, 0.29) is 23.2 Å². The molecule has 3 saturated heterocycles. The highest BCUT2D eigenvalue weighted by Crippen LogP contribution is 2.37. The first-order valence-corrected chi connectivity index (χ1v) is 13.3.